The van der Waals surface area contributed by atoms with Crippen LogP contribution in [0.15, 0.2) is 22.8 Å². The highest BCUT2D eigenvalue weighted by Crippen LogP contribution is 2.47. The molecule has 1 heterocycles. The summed E-state index contributed by atoms with van der Waals surface area (Å²) >= 11 is 0. The first-order chi connectivity index (χ1) is 8.75. The highest BCUT2D eigenvalue weighted by Gasteiger charge is 2.46. The van der Waals surface area contributed by atoms with Gasteiger partial charge in [0.15, 0.2) is 0 Å². The summed E-state index contributed by atoms with van der Waals surface area (Å²) in [6.45, 7) is 0. The van der Waals surface area contributed by atoms with Crippen molar-refractivity contribution in [2.24, 2.45) is 5.92 Å². The molecule has 1 aromatic rings. The monoisotopic (exact) mass is 249 g/mol. The van der Waals surface area contributed by atoms with Gasteiger partial charge in [-0.2, -0.15) is 0 Å². The van der Waals surface area contributed by atoms with E-state index in [4.69, 9.17) is 4.42 Å². The van der Waals surface area contributed by atoms with E-state index in [1.165, 1.54) is 0 Å². The SMILES string of the molecule is O=C(NC1CCCCC1O)C1CC1c1ccco1. The van der Waals surface area contributed by atoms with Crippen LogP contribution in [0.3, 0.4) is 0 Å². The molecule has 2 saturated carbocycles. The van der Waals surface area contributed by atoms with Gasteiger partial charge in [0.05, 0.1) is 18.4 Å². The Kier molecular flexibility index (Phi) is 3.12. The van der Waals surface area contributed by atoms with Crippen LogP contribution in [-0.2, 0) is 4.79 Å². The lowest BCUT2D eigenvalue weighted by atomic mass is 9.92. The predicted molar refractivity (Wildman–Crippen MR) is 66.0 cm³/mol. The van der Waals surface area contributed by atoms with E-state index in [9.17, 15) is 9.90 Å². The van der Waals surface area contributed by atoms with Gasteiger partial charge in [0, 0.05) is 11.8 Å². The number of aliphatic hydroxyl groups is 1. The van der Waals surface area contributed by atoms with Crippen molar-refractivity contribution in [3.63, 3.8) is 0 Å². The zero-order valence-corrected chi connectivity index (χ0v) is 10.3. The van der Waals surface area contributed by atoms with Gasteiger partial charge < -0.3 is 14.8 Å². The van der Waals surface area contributed by atoms with Gasteiger partial charge in [0.2, 0.25) is 5.91 Å². The van der Waals surface area contributed by atoms with Crippen LogP contribution in [0.4, 0.5) is 0 Å². The molecule has 4 heteroatoms. The number of rotatable bonds is 3. The summed E-state index contributed by atoms with van der Waals surface area (Å²) in [5.74, 6) is 1.24. The predicted octanol–water partition coefficient (Wildman–Crippen LogP) is 1.80. The molecule has 0 radical (unpaired) electrons. The van der Waals surface area contributed by atoms with Gasteiger partial charge in [-0.25, -0.2) is 0 Å². The molecule has 0 spiro atoms. The molecule has 1 amide bonds. The summed E-state index contributed by atoms with van der Waals surface area (Å²) < 4.78 is 5.32. The van der Waals surface area contributed by atoms with E-state index in [0.717, 1.165) is 37.9 Å². The molecule has 2 fully saturated rings. The minimum absolute atomic E-state index is 0.0327. The molecule has 2 N–H and O–H groups in total. The minimum Gasteiger partial charge on any atom is -0.469 e. The molecule has 2 aliphatic carbocycles. The number of furan rings is 1. The molecule has 0 bridgehead atoms. The molecule has 98 valence electrons. The van der Waals surface area contributed by atoms with E-state index in [-0.39, 0.29) is 29.9 Å². The molecule has 2 aliphatic rings. The summed E-state index contributed by atoms with van der Waals surface area (Å²) in [7, 11) is 0. The van der Waals surface area contributed by atoms with Crippen molar-refractivity contribution in [2.75, 3.05) is 0 Å². The number of carbonyl (C=O) groups excluding carboxylic acids is 1. The Balaban J connectivity index is 1.54. The third-order valence-corrected chi connectivity index (χ3v) is 4.09. The number of hydrogen-bond acceptors (Lipinski definition) is 3. The molecule has 4 nitrogen and oxygen atoms in total. The van der Waals surface area contributed by atoms with Crippen molar-refractivity contribution >= 4 is 5.91 Å². The van der Waals surface area contributed by atoms with E-state index >= 15 is 0 Å². The van der Waals surface area contributed by atoms with Crippen molar-refractivity contribution in [2.45, 2.75) is 50.2 Å². The van der Waals surface area contributed by atoms with E-state index < -0.39 is 0 Å². The zero-order valence-electron chi connectivity index (χ0n) is 10.3. The first-order valence-electron chi connectivity index (χ1n) is 6.77. The first kappa shape index (κ1) is 11.8. The summed E-state index contributed by atoms with van der Waals surface area (Å²) in [4.78, 5) is 12.1. The minimum atomic E-state index is -0.372. The van der Waals surface area contributed by atoms with Crippen molar-refractivity contribution in [3.05, 3.63) is 24.2 Å². The summed E-state index contributed by atoms with van der Waals surface area (Å²) in [6, 6.07) is 3.73. The molecule has 1 aromatic heterocycles. The Bertz CT molecular complexity index is 415. The first-order valence-corrected chi connectivity index (χ1v) is 6.77. The quantitative estimate of drug-likeness (QED) is 0.858. The lowest BCUT2D eigenvalue weighted by molar-refractivity contribution is -0.124. The van der Waals surface area contributed by atoms with Crippen LogP contribution in [0, 0.1) is 5.92 Å². The molecule has 0 saturated heterocycles. The molecular weight excluding hydrogens is 230 g/mol. The smallest absolute Gasteiger partial charge is 0.224 e. The molecular formula is C14H19NO3. The maximum Gasteiger partial charge on any atom is 0.224 e. The van der Waals surface area contributed by atoms with Gasteiger partial charge in [-0.1, -0.05) is 12.8 Å². The summed E-state index contributed by atoms with van der Waals surface area (Å²) in [6.07, 6.45) is 5.99. The second-order valence-corrected chi connectivity index (χ2v) is 5.43. The van der Waals surface area contributed by atoms with Crippen LogP contribution in [0.2, 0.25) is 0 Å². The number of nitrogens with one attached hydrogen (secondary N) is 1. The maximum absolute atomic E-state index is 12.1. The molecule has 4 unspecified atom stereocenters. The van der Waals surface area contributed by atoms with E-state index in [1.807, 2.05) is 12.1 Å². The number of amides is 1. The Labute approximate surface area is 106 Å². The van der Waals surface area contributed by atoms with Crippen molar-refractivity contribution in [1.82, 2.24) is 5.32 Å². The largest absolute Gasteiger partial charge is 0.469 e. The van der Waals surface area contributed by atoms with Gasteiger partial charge in [-0.15, -0.1) is 0 Å². The average molecular weight is 249 g/mol. The van der Waals surface area contributed by atoms with E-state index in [0.29, 0.717) is 0 Å². The number of aliphatic hydroxyl groups excluding tert-OH is 1. The van der Waals surface area contributed by atoms with Gasteiger partial charge in [-0.05, 0) is 31.4 Å². The topological polar surface area (TPSA) is 62.5 Å². The summed E-state index contributed by atoms with van der Waals surface area (Å²) in [5.41, 5.74) is 0. The second-order valence-electron chi connectivity index (χ2n) is 5.43. The number of hydrogen-bond donors (Lipinski definition) is 2. The van der Waals surface area contributed by atoms with Gasteiger partial charge in [0.1, 0.15) is 5.76 Å². The van der Waals surface area contributed by atoms with Gasteiger partial charge >= 0.3 is 0 Å². The van der Waals surface area contributed by atoms with Crippen LogP contribution >= 0.6 is 0 Å². The average Bonchev–Trinajstić information content (AvgIpc) is 2.99. The van der Waals surface area contributed by atoms with Gasteiger partial charge in [-0.3, -0.25) is 4.79 Å². The highest BCUT2D eigenvalue weighted by atomic mass is 16.3. The fourth-order valence-corrected chi connectivity index (χ4v) is 2.87. The Morgan fingerprint density at radius 1 is 1.39 bits per heavy atom. The number of carbonyl (C=O) groups is 1. The summed E-state index contributed by atoms with van der Waals surface area (Å²) in [5, 5.41) is 12.8. The van der Waals surface area contributed by atoms with Crippen LogP contribution in [-0.4, -0.2) is 23.2 Å². The Morgan fingerprint density at radius 3 is 2.94 bits per heavy atom. The molecule has 4 atom stereocenters. The maximum atomic E-state index is 12.1. The third kappa shape index (κ3) is 2.29. The van der Waals surface area contributed by atoms with Crippen molar-refractivity contribution in [1.29, 1.82) is 0 Å². The van der Waals surface area contributed by atoms with Crippen molar-refractivity contribution in [3.8, 4) is 0 Å². The fourth-order valence-electron chi connectivity index (χ4n) is 2.87. The molecule has 3 rings (SSSR count). The normalized spacial score (nSPS) is 35.2. The van der Waals surface area contributed by atoms with Crippen LogP contribution in [0.25, 0.3) is 0 Å². The van der Waals surface area contributed by atoms with Crippen LogP contribution in [0.5, 0.6) is 0 Å². The zero-order chi connectivity index (χ0) is 12.5. The molecule has 0 aliphatic heterocycles. The molecule has 18 heavy (non-hydrogen) atoms. The van der Waals surface area contributed by atoms with Crippen LogP contribution in [0.1, 0.15) is 43.8 Å². The van der Waals surface area contributed by atoms with E-state index in [2.05, 4.69) is 5.32 Å². The lowest BCUT2D eigenvalue weighted by Crippen LogP contribution is -2.45. The molecule has 0 aromatic carbocycles. The lowest BCUT2D eigenvalue weighted by Gasteiger charge is -2.28. The third-order valence-electron chi connectivity index (χ3n) is 4.09. The Hall–Kier alpha value is -1.29. The van der Waals surface area contributed by atoms with Gasteiger partial charge in [0.25, 0.3) is 0 Å². The second kappa shape index (κ2) is 4.76. The van der Waals surface area contributed by atoms with Crippen LogP contribution < -0.4 is 5.32 Å². The Morgan fingerprint density at radius 2 is 2.22 bits per heavy atom. The standard InChI is InChI=1S/C14H19NO3/c16-12-5-2-1-4-11(12)15-14(17)10-8-9(10)13-6-3-7-18-13/h3,6-7,9-12,16H,1-2,4-5,8H2,(H,15,17). The van der Waals surface area contributed by atoms with Crippen molar-refractivity contribution < 1.29 is 14.3 Å². The van der Waals surface area contributed by atoms with E-state index in [1.54, 1.807) is 6.26 Å². The fraction of sp³-hybridized carbons (Fsp3) is 0.643. The highest BCUT2D eigenvalue weighted by molar-refractivity contribution is 5.83.